The molecule has 0 heterocycles. The molecule has 2 rings (SSSR count). The average Bonchev–Trinajstić information content (AvgIpc) is 2.45. The number of nitrogens with zero attached hydrogens (tertiary/aromatic N) is 1. The molecule has 0 radical (unpaired) electrons. The average molecular weight is 346 g/mol. The molecule has 3 N–H and O–H groups in total. The third-order valence-corrected chi connectivity index (χ3v) is 5.00. The van der Waals surface area contributed by atoms with Crippen molar-refractivity contribution in [3.63, 3.8) is 0 Å². The topological polar surface area (TPSA) is 99.0 Å². The van der Waals surface area contributed by atoms with Crippen molar-refractivity contribution < 1.29 is 18.5 Å². The molecule has 126 valence electrons. The molecule has 0 aliphatic heterocycles. The molecular weight excluding hydrogens is 327 g/mol. The summed E-state index contributed by atoms with van der Waals surface area (Å²) >= 11 is 0. The molecular formula is C16H19BN2O4S. The minimum Gasteiger partial charge on any atom is -0.423 e. The number of hydrogen-bond acceptors (Lipinski definition) is 5. The van der Waals surface area contributed by atoms with Gasteiger partial charge < -0.3 is 10.0 Å². The maximum absolute atomic E-state index is 12.4. The van der Waals surface area contributed by atoms with E-state index in [1.54, 1.807) is 44.2 Å². The van der Waals surface area contributed by atoms with Crippen LogP contribution in [0.1, 0.15) is 22.3 Å². The van der Waals surface area contributed by atoms with Gasteiger partial charge in [-0.05, 0) is 42.9 Å². The van der Waals surface area contributed by atoms with Crippen molar-refractivity contribution in [2.45, 2.75) is 25.7 Å². The van der Waals surface area contributed by atoms with E-state index < -0.39 is 17.1 Å². The minimum absolute atomic E-state index is 0.213. The van der Waals surface area contributed by atoms with Crippen LogP contribution in [0.2, 0.25) is 0 Å². The highest BCUT2D eigenvalue weighted by Gasteiger charge is 2.19. The SMILES string of the molecule is Cc1cc(C)c(S(=O)(=O)N/N=C/c2cccc(B(O)O)c2)c(C)c1. The maximum Gasteiger partial charge on any atom is 0.488 e. The predicted molar refractivity (Wildman–Crippen MR) is 94.8 cm³/mol. The predicted octanol–water partition coefficient (Wildman–Crippen LogP) is 0.604. The van der Waals surface area contributed by atoms with Gasteiger partial charge >= 0.3 is 7.12 Å². The summed E-state index contributed by atoms with van der Waals surface area (Å²) in [4.78, 5) is 2.40. The van der Waals surface area contributed by atoms with Crippen molar-refractivity contribution in [1.82, 2.24) is 4.83 Å². The van der Waals surface area contributed by atoms with Crippen LogP contribution in [-0.4, -0.2) is 31.8 Å². The second kappa shape index (κ2) is 7.17. The molecule has 0 aliphatic rings. The van der Waals surface area contributed by atoms with Crippen molar-refractivity contribution in [3.8, 4) is 0 Å². The van der Waals surface area contributed by atoms with Gasteiger partial charge in [0.05, 0.1) is 11.1 Å². The molecule has 0 bridgehead atoms. The lowest BCUT2D eigenvalue weighted by molar-refractivity contribution is 0.426. The molecule has 2 aromatic rings. The zero-order chi connectivity index (χ0) is 17.9. The first kappa shape index (κ1) is 18.2. The summed E-state index contributed by atoms with van der Waals surface area (Å²) in [6.07, 6.45) is 1.31. The van der Waals surface area contributed by atoms with Gasteiger partial charge in [0, 0.05) is 0 Å². The number of benzene rings is 2. The van der Waals surface area contributed by atoms with Gasteiger partial charge in [0.2, 0.25) is 0 Å². The van der Waals surface area contributed by atoms with Gasteiger partial charge in [-0.2, -0.15) is 13.5 Å². The van der Waals surface area contributed by atoms with Crippen LogP contribution in [0, 0.1) is 20.8 Å². The Hall–Kier alpha value is -2.16. The summed E-state index contributed by atoms with van der Waals surface area (Å²) in [5.41, 5.74) is 3.14. The molecule has 0 saturated heterocycles. The van der Waals surface area contributed by atoms with Gasteiger partial charge in [0.1, 0.15) is 0 Å². The molecule has 0 spiro atoms. The van der Waals surface area contributed by atoms with Gasteiger partial charge in [-0.3, -0.25) is 0 Å². The van der Waals surface area contributed by atoms with Crippen molar-refractivity contribution in [2.24, 2.45) is 5.10 Å². The van der Waals surface area contributed by atoms with Gasteiger partial charge in [0.15, 0.2) is 0 Å². The summed E-state index contributed by atoms with van der Waals surface area (Å²) in [5.74, 6) is 0. The number of hydrogen-bond donors (Lipinski definition) is 3. The molecule has 0 aliphatic carbocycles. The number of aryl methyl sites for hydroxylation is 3. The fraction of sp³-hybridized carbons (Fsp3) is 0.188. The summed E-state index contributed by atoms with van der Waals surface area (Å²) in [5, 5.41) is 22.0. The Bertz CT molecular complexity index is 856. The summed E-state index contributed by atoms with van der Waals surface area (Å²) in [7, 11) is -5.37. The minimum atomic E-state index is -3.78. The van der Waals surface area contributed by atoms with E-state index in [1.807, 2.05) is 6.92 Å². The Labute approximate surface area is 142 Å². The van der Waals surface area contributed by atoms with Crippen LogP contribution >= 0.6 is 0 Å². The number of nitrogens with one attached hydrogen (secondary N) is 1. The molecule has 0 fully saturated rings. The number of hydrazone groups is 1. The highest BCUT2D eigenvalue weighted by atomic mass is 32.2. The van der Waals surface area contributed by atoms with Gasteiger partial charge in [0.25, 0.3) is 10.0 Å². The van der Waals surface area contributed by atoms with Crippen molar-refractivity contribution in [1.29, 1.82) is 0 Å². The Balaban J connectivity index is 2.23. The summed E-state index contributed by atoms with van der Waals surface area (Å²) < 4.78 is 24.9. The lowest BCUT2D eigenvalue weighted by atomic mass is 9.80. The van der Waals surface area contributed by atoms with E-state index in [0.29, 0.717) is 22.2 Å². The van der Waals surface area contributed by atoms with Gasteiger partial charge in [-0.15, -0.1) is 0 Å². The normalized spacial score (nSPS) is 11.7. The van der Waals surface area contributed by atoms with Crippen molar-refractivity contribution in [2.75, 3.05) is 0 Å². The van der Waals surface area contributed by atoms with Crippen LogP contribution in [0.15, 0.2) is 46.4 Å². The van der Waals surface area contributed by atoms with Crippen LogP contribution < -0.4 is 10.3 Å². The Kier molecular flexibility index (Phi) is 5.43. The Morgan fingerprint density at radius 1 is 1.08 bits per heavy atom. The fourth-order valence-electron chi connectivity index (χ4n) is 2.61. The van der Waals surface area contributed by atoms with E-state index in [1.165, 1.54) is 12.3 Å². The molecule has 24 heavy (non-hydrogen) atoms. The van der Waals surface area contributed by atoms with Crippen LogP contribution in [0.5, 0.6) is 0 Å². The van der Waals surface area contributed by atoms with Gasteiger partial charge in [-0.25, -0.2) is 4.83 Å². The maximum atomic E-state index is 12.4. The van der Waals surface area contributed by atoms with Crippen molar-refractivity contribution >= 4 is 28.8 Å². The first-order valence-corrected chi connectivity index (χ1v) is 8.78. The molecule has 6 nitrogen and oxygen atoms in total. The number of sulfonamides is 1. The van der Waals surface area contributed by atoms with E-state index in [4.69, 9.17) is 10.0 Å². The second-order valence-electron chi connectivity index (χ2n) is 5.62. The molecule has 0 atom stereocenters. The van der Waals surface area contributed by atoms with E-state index >= 15 is 0 Å². The lowest BCUT2D eigenvalue weighted by Gasteiger charge is -2.11. The smallest absolute Gasteiger partial charge is 0.423 e. The Morgan fingerprint density at radius 3 is 2.29 bits per heavy atom. The largest absolute Gasteiger partial charge is 0.488 e. The van der Waals surface area contributed by atoms with Crippen LogP contribution in [0.25, 0.3) is 0 Å². The highest BCUT2D eigenvalue weighted by Crippen LogP contribution is 2.21. The first-order valence-electron chi connectivity index (χ1n) is 7.29. The highest BCUT2D eigenvalue weighted by molar-refractivity contribution is 7.89. The van der Waals surface area contributed by atoms with E-state index in [9.17, 15) is 8.42 Å². The third-order valence-electron chi connectivity index (χ3n) is 3.47. The second-order valence-corrected chi connectivity index (χ2v) is 7.22. The zero-order valence-electron chi connectivity index (χ0n) is 13.7. The van der Waals surface area contributed by atoms with E-state index in [-0.39, 0.29) is 4.90 Å². The molecule has 0 aromatic heterocycles. The van der Waals surface area contributed by atoms with Gasteiger partial charge in [-0.1, -0.05) is 42.0 Å². The van der Waals surface area contributed by atoms with Crippen LogP contribution in [-0.2, 0) is 10.0 Å². The fourth-order valence-corrected chi connectivity index (χ4v) is 3.85. The van der Waals surface area contributed by atoms with E-state index in [2.05, 4.69) is 9.93 Å². The van der Waals surface area contributed by atoms with Crippen LogP contribution in [0.3, 0.4) is 0 Å². The first-order chi connectivity index (χ1) is 11.2. The molecule has 0 amide bonds. The lowest BCUT2D eigenvalue weighted by Crippen LogP contribution is -2.29. The molecule has 0 unspecified atom stereocenters. The Morgan fingerprint density at radius 2 is 1.71 bits per heavy atom. The summed E-state index contributed by atoms with van der Waals surface area (Å²) in [6.45, 7) is 5.39. The van der Waals surface area contributed by atoms with Crippen molar-refractivity contribution in [3.05, 3.63) is 58.7 Å². The monoisotopic (exact) mass is 346 g/mol. The quantitative estimate of drug-likeness (QED) is 0.420. The summed E-state index contributed by atoms with van der Waals surface area (Å²) in [6, 6.07) is 9.95. The standard InChI is InChI=1S/C16H19BN2O4S/c1-11-7-12(2)16(13(3)8-11)24(22,23)19-18-10-14-5-4-6-15(9-14)17(20)21/h4-10,19-21H,1-3H3/b18-10+. The third kappa shape index (κ3) is 4.22. The molecule has 2 aromatic carbocycles. The molecule has 0 saturated carbocycles. The zero-order valence-corrected chi connectivity index (χ0v) is 14.5. The number of rotatable bonds is 5. The van der Waals surface area contributed by atoms with E-state index in [0.717, 1.165) is 5.56 Å². The molecule has 8 heteroatoms. The van der Waals surface area contributed by atoms with Crippen LogP contribution in [0.4, 0.5) is 0 Å².